The highest BCUT2D eigenvalue weighted by molar-refractivity contribution is 4.85. The molecule has 1 heterocycles. The fourth-order valence-corrected chi connectivity index (χ4v) is 2.36. The van der Waals surface area contributed by atoms with Gasteiger partial charge in [0.15, 0.2) is 0 Å². The minimum atomic E-state index is 0.760. The first kappa shape index (κ1) is 9.01. The van der Waals surface area contributed by atoms with Crippen molar-refractivity contribution in [1.82, 2.24) is 10.2 Å². The summed E-state index contributed by atoms with van der Waals surface area (Å²) in [4.78, 5) is 2.36. The second kappa shape index (κ2) is 3.55. The molecule has 1 saturated heterocycles. The zero-order valence-corrected chi connectivity index (χ0v) is 8.09. The third-order valence-corrected chi connectivity index (χ3v) is 2.69. The van der Waals surface area contributed by atoms with Gasteiger partial charge < -0.3 is 10.2 Å². The lowest BCUT2D eigenvalue weighted by molar-refractivity contribution is 0.126. The predicted octanol–water partition coefficient (Wildman–Crippen LogP) is 0.792. The van der Waals surface area contributed by atoms with Crippen LogP contribution in [0.2, 0.25) is 0 Å². The van der Waals surface area contributed by atoms with E-state index in [0.717, 1.165) is 17.9 Å². The molecule has 2 unspecified atom stereocenters. The van der Waals surface area contributed by atoms with Crippen molar-refractivity contribution in [3.8, 4) is 0 Å². The molecule has 2 nitrogen and oxygen atoms in total. The molecular formula is C9H20N2. The molecule has 0 spiro atoms. The third kappa shape index (κ3) is 1.94. The summed E-state index contributed by atoms with van der Waals surface area (Å²) in [5.74, 6) is 1.57. The van der Waals surface area contributed by atoms with Crippen molar-refractivity contribution >= 4 is 0 Å². The van der Waals surface area contributed by atoms with E-state index in [1.807, 2.05) is 0 Å². The van der Waals surface area contributed by atoms with Crippen LogP contribution in [0.4, 0.5) is 0 Å². The van der Waals surface area contributed by atoms with Crippen molar-refractivity contribution in [2.45, 2.75) is 19.9 Å². The van der Waals surface area contributed by atoms with E-state index in [1.54, 1.807) is 0 Å². The van der Waals surface area contributed by atoms with Gasteiger partial charge in [0.2, 0.25) is 0 Å². The first-order valence-corrected chi connectivity index (χ1v) is 4.50. The number of rotatable bonds is 1. The van der Waals surface area contributed by atoms with Gasteiger partial charge in [-0.1, -0.05) is 13.8 Å². The van der Waals surface area contributed by atoms with Crippen molar-refractivity contribution in [3.63, 3.8) is 0 Å². The van der Waals surface area contributed by atoms with E-state index < -0.39 is 0 Å². The smallest absolute Gasteiger partial charge is 0.0165 e. The maximum atomic E-state index is 3.44. The predicted molar refractivity (Wildman–Crippen MR) is 48.7 cm³/mol. The average molecular weight is 156 g/mol. The number of piperidine rings is 1. The van der Waals surface area contributed by atoms with E-state index in [4.69, 9.17) is 0 Å². The van der Waals surface area contributed by atoms with Crippen LogP contribution in [0.25, 0.3) is 0 Å². The number of nitrogens with zero attached hydrogens (tertiary/aromatic N) is 1. The topological polar surface area (TPSA) is 15.3 Å². The maximum Gasteiger partial charge on any atom is 0.0165 e. The highest BCUT2D eigenvalue weighted by Crippen LogP contribution is 2.20. The van der Waals surface area contributed by atoms with Gasteiger partial charge in [-0.15, -0.1) is 0 Å². The normalized spacial score (nSPS) is 39.5. The number of hydrogen-bond acceptors (Lipinski definition) is 2. The third-order valence-electron chi connectivity index (χ3n) is 2.69. The molecule has 0 aromatic carbocycles. The summed E-state index contributed by atoms with van der Waals surface area (Å²) in [6, 6.07) is 0.760. The van der Waals surface area contributed by atoms with Crippen molar-refractivity contribution in [2.75, 3.05) is 27.2 Å². The Kier molecular flexibility index (Phi) is 2.90. The average Bonchev–Trinajstić information content (AvgIpc) is 1.85. The zero-order valence-electron chi connectivity index (χ0n) is 8.09. The lowest BCUT2D eigenvalue weighted by atomic mass is 9.86. The minimum absolute atomic E-state index is 0.760. The number of nitrogens with one attached hydrogen (secondary N) is 1. The van der Waals surface area contributed by atoms with Crippen LogP contribution in [0, 0.1) is 11.8 Å². The molecule has 2 heteroatoms. The highest BCUT2D eigenvalue weighted by Gasteiger charge is 2.28. The summed E-state index contributed by atoms with van der Waals surface area (Å²) in [5, 5.41) is 3.44. The van der Waals surface area contributed by atoms with Gasteiger partial charge in [0, 0.05) is 6.04 Å². The Balaban J connectivity index is 2.55. The zero-order chi connectivity index (χ0) is 8.43. The molecule has 1 N–H and O–H groups in total. The summed E-state index contributed by atoms with van der Waals surface area (Å²) in [6.45, 7) is 7.00. The molecule has 1 rings (SSSR count). The largest absolute Gasteiger partial charge is 0.316 e. The molecule has 0 aromatic rings. The fraction of sp³-hybridized carbons (Fsp3) is 1.00. The summed E-state index contributed by atoms with van der Waals surface area (Å²) in [5.41, 5.74) is 0. The lowest BCUT2D eigenvalue weighted by Gasteiger charge is -2.39. The van der Waals surface area contributed by atoms with Crippen LogP contribution in [0.3, 0.4) is 0 Å². The molecule has 0 aliphatic carbocycles. The minimum Gasteiger partial charge on any atom is -0.316 e. The molecule has 0 saturated carbocycles. The maximum absolute atomic E-state index is 3.44. The SMILES string of the molecule is CC1CNCC(C)C1N(C)C. The van der Waals surface area contributed by atoms with Gasteiger partial charge in [-0.2, -0.15) is 0 Å². The van der Waals surface area contributed by atoms with Gasteiger partial charge in [-0.3, -0.25) is 0 Å². The molecule has 11 heavy (non-hydrogen) atoms. The highest BCUT2D eigenvalue weighted by atomic mass is 15.1. The van der Waals surface area contributed by atoms with Crippen LogP contribution in [-0.4, -0.2) is 38.1 Å². The lowest BCUT2D eigenvalue weighted by Crippen LogP contribution is -2.51. The Morgan fingerprint density at radius 2 is 1.55 bits per heavy atom. The van der Waals surface area contributed by atoms with E-state index in [-0.39, 0.29) is 0 Å². The molecule has 2 atom stereocenters. The van der Waals surface area contributed by atoms with Crippen molar-refractivity contribution in [3.05, 3.63) is 0 Å². The van der Waals surface area contributed by atoms with E-state index in [0.29, 0.717) is 0 Å². The van der Waals surface area contributed by atoms with Crippen LogP contribution >= 0.6 is 0 Å². The van der Waals surface area contributed by atoms with Gasteiger partial charge >= 0.3 is 0 Å². The van der Waals surface area contributed by atoms with Gasteiger partial charge in [0.25, 0.3) is 0 Å². The molecule has 0 aromatic heterocycles. The summed E-state index contributed by atoms with van der Waals surface area (Å²) in [6.07, 6.45) is 0. The van der Waals surface area contributed by atoms with Crippen LogP contribution in [0.1, 0.15) is 13.8 Å². The van der Waals surface area contributed by atoms with Gasteiger partial charge in [0.05, 0.1) is 0 Å². The molecule has 0 bridgehead atoms. The monoisotopic (exact) mass is 156 g/mol. The Morgan fingerprint density at radius 3 is 1.82 bits per heavy atom. The molecule has 0 radical (unpaired) electrons. The van der Waals surface area contributed by atoms with Crippen LogP contribution in [0.15, 0.2) is 0 Å². The van der Waals surface area contributed by atoms with E-state index in [1.165, 1.54) is 13.1 Å². The van der Waals surface area contributed by atoms with Gasteiger partial charge in [-0.25, -0.2) is 0 Å². The Labute approximate surface area is 70.0 Å². The van der Waals surface area contributed by atoms with E-state index in [2.05, 4.69) is 38.2 Å². The molecule has 66 valence electrons. The van der Waals surface area contributed by atoms with E-state index >= 15 is 0 Å². The second-order valence-corrected chi connectivity index (χ2v) is 4.07. The van der Waals surface area contributed by atoms with Crippen molar-refractivity contribution in [1.29, 1.82) is 0 Å². The van der Waals surface area contributed by atoms with E-state index in [9.17, 15) is 0 Å². The summed E-state index contributed by atoms with van der Waals surface area (Å²) < 4.78 is 0. The van der Waals surface area contributed by atoms with Crippen LogP contribution in [-0.2, 0) is 0 Å². The van der Waals surface area contributed by atoms with Crippen LogP contribution in [0.5, 0.6) is 0 Å². The summed E-state index contributed by atoms with van der Waals surface area (Å²) in [7, 11) is 4.37. The molecule has 1 aliphatic heterocycles. The second-order valence-electron chi connectivity index (χ2n) is 4.07. The Bertz CT molecular complexity index is 113. The van der Waals surface area contributed by atoms with Crippen molar-refractivity contribution < 1.29 is 0 Å². The van der Waals surface area contributed by atoms with Gasteiger partial charge in [0.1, 0.15) is 0 Å². The molecule has 1 aliphatic rings. The number of hydrogen-bond donors (Lipinski definition) is 1. The van der Waals surface area contributed by atoms with Crippen molar-refractivity contribution in [2.24, 2.45) is 11.8 Å². The molecular weight excluding hydrogens is 136 g/mol. The molecule has 0 amide bonds. The molecule has 1 fully saturated rings. The first-order chi connectivity index (χ1) is 5.13. The quantitative estimate of drug-likeness (QED) is 0.604. The van der Waals surface area contributed by atoms with Gasteiger partial charge in [-0.05, 0) is 39.0 Å². The Hall–Kier alpha value is -0.0800. The Morgan fingerprint density at radius 1 is 1.09 bits per heavy atom. The summed E-state index contributed by atoms with van der Waals surface area (Å²) >= 11 is 0. The first-order valence-electron chi connectivity index (χ1n) is 4.50. The van der Waals surface area contributed by atoms with Crippen LogP contribution < -0.4 is 5.32 Å². The fourth-order valence-electron chi connectivity index (χ4n) is 2.36. The standard InChI is InChI=1S/C9H20N2/c1-7-5-10-6-8(2)9(7)11(3)4/h7-10H,5-6H2,1-4H3.